The van der Waals surface area contributed by atoms with Crippen LogP contribution in [0.5, 0.6) is 0 Å². The lowest BCUT2D eigenvalue weighted by molar-refractivity contribution is 0.603. The van der Waals surface area contributed by atoms with Gasteiger partial charge in [0.25, 0.3) is 5.78 Å². The van der Waals surface area contributed by atoms with Crippen molar-refractivity contribution in [1.29, 1.82) is 0 Å². The largest absolute Gasteiger partial charge is 0.253 e. The van der Waals surface area contributed by atoms with Gasteiger partial charge >= 0.3 is 0 Å². The van der Waals surface area contributed by atoms with Crippen molar-refractivity contribution in [3.8, 4) is 0 Å². The van der Waals surface area contributed by atoms with Gasteiger partial charge in [0.05, 0.1) is 5.75 Å². The molecule has 2 heterocycles. The highest BCUT2D eigenvalue weighted by atomic mass is 32.2. The fourth-order valence-electron chi connectivity index (χ4n) is 1.06. The van der Waals surface area contributed by atoms with E-state index in [1.807, 2.05) is 0 Å². The second-order valence-electron chi connectivity index (χ2n) is 3.24. The van der Waals surface area contributed by atoms with Gasteiger partial charge < -0.3 is 0 Å². The van der Waals surface area contributed by atoms with E-state index in [9.17, 15) is 8.42 Å². The number of sulfone groups is 1. The van der Waals surface area contributed by atoms with Crippen molar-refractivity contribution < 1.29 is 8.42 Å². The molecule has 2 aromatic heterocycles. The summed E-state index contributed by atoms with van der Waals surface area (Å²) in [6, 6.07) is 1.76. The van der Waals surface area contributed by atoms with Crippen molar-refractivity contribution in [1.82, 2.24) is 19.6 Å². The minimum Gasteiger partial charge on any atom is -0.229 e. The molecule has 8 heteroatoms. The summed E-state index contributed by atoms with van der Waals surface area (Å²) < 4.78 is 23.4. The zero-order valence-corrected chi connectivity index (χ0v) is 10.2. The second-order valence-corrected chi connectivity index (χ2v) is 6.56. The Kier molecular flexibility index (Phi) is 3.10. The van der Waals surface area contributed by atoms with E-state index in [-0.39, 0.29) is 5.75 Å². The quantitative estimate of drug-likeness (QED) is 0.732. The molecule has 0 saturated carbocycles. The highest BCUT2D eigenvalue weighted by molar-refractivity contribution is 8.00. The summed E-state index contributed by atoms with van der Waals surface area (Å²) >= 11 is 1.31. The Bertz CT molecular complexity index is 560. The van der Waals surface area contributed by atoms with Gasteiger partial charge in [0, 0.05) is 24.4 Å². The molecule has 2 aromatic rings. The number of aromatic nitrogens is 4. The predicted octanol–water partition coefficient (Wildman–Crippen LogP) is 0.261. The maximum atomic E-state index is 10.9. The Balaban J connectivity index is 2.05. The third kappa shape index (κ3) is 2.92. The molecule has 0 radical (unpaired) electrons. The monoisotopic (exact) mass is 258 g/mol. The lowest BCUT2D eigenvalue weighted by atomic mass is 10.7. The van der Waals surface area contributed by atoms with E-state index < -0.39 is 9.84 Å². The molecular weight excluding hydrogens is 248 g/mol. The fourth-order valence-corrected chi connectivity index (χ4v) is 3.08. The van der Waals surface area contributed by atoms with Crippen LogP contribution in [0, 0.1) is 0 Å². The molecule has 0 atom stereocenters. The van der Waals surface area contributed by atoms with Crippen LogP contribution in [0.4, 0.5) is 0 Å². The van der Waals surface area contributed by atoms with Crippen LogP contribution < -0.4 is 0 Å². The molecule has 0 aliphatic carbocycles. The van der Waals surface area contributed by atoms with Crippen LogP contribution in [0.3, 0.4) is 0 Å². The lowest BCUT2D eigenvalue weighted by Crippen LogP contribution is -2.05. The van der Waals surface area contributed by atoms with Crippen LogP contribution in [0.1, 0.15) is 0 Å². The molecule has 2 rings (SSSR count). The molecular formula is C8H10N4O2S2. The lowest BCUT2D eigenvalue weighted by Gasteiger charge is -1.94. The molecule has 6 nitrogen and oxygen atoms in total. The van der Waals surface area contributed by atoms with E-state index in [1.165, 1.54) is 18.0 Å². The molecule has 16 heavy (non-hydrogen) atoms. The average molecular weight is 258 g/mol. The smallest absolute Gasteiger partial charge is 0.229 e. The first-order valence-electron chi connectivity index (χ1n) is 4.52. The summed E-state index contributed by atoms with van der Waals surface area (Å²) in [5, 5.41) is 4.69. The van der Waals surface area contributed by atoms with Crippen molar-refractivity contribution in [3.63, 3.8) is 0 Å². The summed E-state index contributed by atoms with van der Waals surface area (Å²) in [6.45, 7) is 0. The molecule has 0 saturated heterocycles. The number of fused-ring (bicyclic) bond motifs is 1. The Hall–Kier alpha value is -1.15. The van der Waals surface area contributed by atoms with Crippen LogP contribution in [0.2, 0.25) is 0 Å². The molecule has 86 valence electrons. The molecule has 0 bridgehead atoms. The molecule has 0 fully saturated rings. The summed E-state index contributed by atoms with van der Waals surface area (Å²) in [5.41, 5.74) is 0. The maximum Gasteiger partial charge on any atom is 0.253 e. The van der Waals surface area contributed by atoms with Crippen LogP contribution >= 0.6 is 11.8 Å². The summed E-state index contributed by atoms with van der Waals surface area (Å²) in [6.07, 6.45) is 4.59. The third-order valence-corrected chi connectivity index (χ3v) is 3.83. The van der Waals surface area contributed by atoms with Crippen molar-refractivity contribution >= 4 is 27.4 Å². The van der Waals surface area contributed by atoms with Crippen molar-refractivity contribution in [2.24, 2.45) is 0 Å². The summed E-state index contributed by atoms with van der Waals surface area (Å²) in [5.74, 6) is 1.10. The van der Waals surface area contributed by atoms with Gasteiger partial charge in [-0.05, 0) is 6.07 Å². The van der Waals surface area contributed by atoms with Gasteiger partial charge in [0.1, 0.15) is 9.84 Å². The van der Waals surface area contributed by atoms with Gasteiger partial charge in [-0.1, -0.05) is 11.8 Å². The molecule has 0 unspecified atom stereocenters. The highest BCUT2D eigenvalue weighted by Gasteiger charge is 2.07. The summed E-state index contributed by atoms with van der Waals surface area (Å²) in [4.78, 5) is 8.16. The van der Waals surface area contributed by atoms with E-state index in [0.29, 0.717) is 16.7 Å². The van der Waals surface area contributed by atoms with Crippen molar-refractivity contribution in [3.05, 3.63) is 18.5 Å². The maximum absolute atomic E-state index is 10.9. The first-order chi connectivity index (χ1) is 7.54. The Morgan fingerprint density at radius 2 is 2.31 bits per heavy atom. The Morgan fingerprint density at radius 1 is 1.50 bits per heavy atom. The first-order valence-corrected chi connectivity index (χ1v) is 7.57. The molecule has 0 amide bonds. The van der Waals surface area contributed by atoms with E-state index in [0.717, 1.165) is 0 Å². The number of thioether (sulfide) groups is 1. The number of nitrogens with zero attached hydrogens (tertiary/aromatic N) is 4. The normalized spacial score (nSPS) is 12.1. The third-order valence-electron chi connectivity index (χ3n) is 1.78. The van der Waals surface area contributed by atoms with E-state index in [1.54, 1.807) is 23.0 Å². The minimum atomic E-state index is -2.92. The second kappa shape index (κ2) is 4.38. The van der Waals surface area contributed by atoms with Gasteiger partial charge in [0.15, 0.2) is 0 Å². The van der Waals surface area contributed by atoms with E-state index >= 15 is 0 Å². The average Bonchev–Trinajstić information content (AvgIpc) is 2.57. The standard InChI is InChI=1S/C8H10N4O2S2/c1-16(13,14)6-5-15-8-10-7-9-3-2-4-12(7)11-8/h2-4H,5-6H2,1H3. The molecule has 0 aliphatic heterocycles. The van der Waals surface area contributed by atoms with Crippen LogP contribution in [0.25, 0.3) is 5.78 Å². The molecule has 0 aromatic carbocycles. The SMILES string of the molecule is CS(=O)(=O)CCSc1nc2ncccn2n1. The molecule has 0 N–H and O–H groups in total. The van der Waals surface area contributed by atoms with Gasteiger partial charge in [0.2, 0.25) is 5.16 Å². The predicted molar refractivity (Wildman–Crippen MR) is 61.2 cm³/mol. The minimum absolute atomic E-state index is 0.126. The first kappa shape index (κ1) is 11.3. The fraction of sp³-hybridized carbons (Fsp3) is 0.375. The van der Waals surface area contributed by atoms with Gasteiger partial charge in [-0.25, -0.2) is 17.9 Å². The van der Waals surface area contributed by atoms with Crippen LogP contribution in [-0.4, -0.2) is 45.8 Å². The van der Waals surface area contributed by atoms with Crippen LogP contribution in [0.15, 0.2) is 23.6 Å². The van der Waals surface area contributed by atoms with E-state index in [4.69, 9.17) is 0 Å². The summed E-state index contributed by atoms with van der Waals surface area (Å²) in [7, 11) is -2.92. The number of hydrogen-bond acceptors (Lipinski definition) is 6. The van der Waals surface area contributed by atoms with Gasteiger partial charge in [-0.2, -0.15) is 4.98 Å². The Labute approximate surface area is 97.0 Å². The highest BCUT2D eigenvalue weighted by Crippen LogP contribution is 2.13. The number of hydrogen-bond donors (Lipinski definition) is 0. The van der Waals surface area contributed by atoms with E-state index in [2.05, 4.69) is 15.1 Å². The molecule has 0 spiro atoms. The Morgan fingerprint density at radius 3 is 3.00 bits per heavy atom. The van der Waals surface area contributed by atoms with Crippen molar-refractivity contribution in [2.75, 3.05) is 17.8 Å². The topological polar surface area (TPSA) is 77.2 Å². The zero-order valence-electron chi connectivity index (χ0n) is 8.57. The van der Waals surface area contributed by atoms with Crippen LogP contribution in [-0.2, 0) is 9.84 Å². The van der Waals surface area contributed by atoms with Gasteiger partial charge in [-0.3, -0.25) is 0 Å². The number of rotatable bonds is 4. The zero-order chi connectivity index (χ0) is 11.6. The molecule has 0 aliphatic rings. The van der Waals surface area contributed by atoms with Gasteiger partial charge in [-0.15, -0.1) is 5.10 Å². The van der Waals surface area contributed by atoms with Crippen molar-refractivity contribution in [2.45, 2.75) is 5.16 Å².